The number of carbonyl (C=O) groups is 1. The van der Waals surface area contributed by atoms with Crippen LogP contribution in [-0.2, 0) is 14.3 Å². The van der Waals surface area contributed by atoms with E-state index in [1.165, 1.54) is 51.4 Å². The van der Waals surface area contributed by atoms with E-state index < -0.39 is 37.0 Å². The molecule has 1 heterocycles. The molecule has 1 saturated heterocycles. The molecule has 6 nitrogen and oxygen atoms in total. The van der Waals surface area contributed by atoms with E-state index in [4.69, 9.17) is 9.47 Å². The van der Waals surface area contributed by atoms with Crippen LogP contribution in [-0.4, -0.2) is 58.9 Å². The first-order valence-electron chi connectivity index (χ1n) is 10.4. The van der Waals surface area contributed by atoms with E-state index >= 15 is 0 Å². The fourth-order valence-corrected chi connectivity index (χ4v) is 3.32. The minimum atomic E-state index is -1.14. The second-order valence-electron chi connectivity index (χ2n) is 7.35. The SMILES string of the molecule is CCCCCCCCCCCCCC(=O)OC(CO)C1OC[C@@H](O)[C@H]1O. The summed E-state index contributed by atoms with van der Waals surface area (Å²) < 4.78 is 10.4. The molecule has 0 spiro atoms. The summed E-state index contributed by atoms with van der Waals surface area (Å²) in [6.45, 7) is 1.78. The Kier molecular flexibility index (Phi) is 12.9. The summed E-state index contributed by atoms with van der Waals surface area (Å²) in [6, 6.07) is 0. The molecular formula is C20H38O6. The second kappa shape index (κ2) is 14.4. The fraction of sp³-hybridized carbons (Fsp3) is 0.950. The Balaban J connectivity index is 2.01. The topological polar surface area (TPSA) is 96.2 Å². The van der Waals surface area contributed by atoms with Crippen molar-refractivity contribution in [2.75, 3.05) is 13.2 Å². The van der Waals surface area contributed by atoms with Crippen LogP contribution in [0.25, 0.3) is 0 Å². The lowest BCUT2D eigenvalue weighted by Crippen LogP contribution is -2.43. The van der Waals surface area contributed by atoms with Gasteiger partial charge in [0.1, 0.15) is 18.3 Å². The van der Waals surface area contributed by atoms with Crippen LogP contribution < -0.4 is 0 Å². The van der Waals surface area contributed by atoms with Crippen molar-refractivity contribution in [1.29, 1.82) is 0 Å². The van der Waals surface area contributed by atoms with Gasteiger partial charge in [0.25, 0.3) is 0 Å². The van der Waals surface area contributed by atoms with Crippen LogP contribution in [0.5, 0.6) is 0 Å². The van der Waals surface area contributed by atoms with Gasteiger partial charge >= 0.3 is 5.97 Å². The number of aliphatic hydroxyl groups is 3. The number of hydrogen-bond acceptors (Lipinski definition) is 6. The van der Waals surface area contributed by atoms with Crippen LogP contribution in [0.1, 0.15) is 84.0 Å². The van der Waals surface area contributed by atoms with Gasteiger partial charge in [-0.2, -0.15) is 0 Å². The molecule has 0 aromatic carbocycles. The third-order valence-corrected chi connectivity index (χ3v) is 5.00. The fourth-order valence-electron chi connectivity index (χ4n) is 3.32. The smallest absolute Gasteiger partial charge is 0.306 e. The zero-order valence-electron chi connectivity index (χ0n) is 16.3. The lowest BCUT2D eigenvalue weighted by Gasteiger charge is -2.24. The molecule has 3 N–H and O–H groups in total. The highest BCUT2D eigenvalue weighted by atomic mass is 16.6. The molecule has 0 aromatic heterocycles. The Labute approximate surface area is 157 Å². The molecule has 0 amide bonds. The molecule has 0 radical (unpaired) electrons. The lowest BCUT2D eigenvalue weighted by molar-refractivity contribution is -0.162. The lowest BCUT2D eigenvalue weighted by atomic mass is 10.1. The van der Waals surface area contributed by atoms with Crippen molar-refractivity contribution in [3.05, 3.63) is 0 Å². The van der Waals surface area contributed by atoms with Crippen LogP contribution in [0.15, 0.2) is 0 Å². The van der Waals surface area contributed by atoms with Gasteiger partial charge in [-0.15, -0.1) is 0 Å². The van der Waals surface area contributed by atoms with Crippen LogP contribution in [0.2, 0.25) is 0 Å². The average Bonchev–Trinajstić information content (AvgIpc) is 2.96. The first-order chi connectivity index (χ1) is 12.6. The molecule has 2 unspecified atom stereocenters. The molecule has 1 aliphatic heterocycles. The van der Waals surface area contributed by atoms with E-state index in [1.54, 1.807) is 0 Å². The average molecular weight is 375 g/mol. The van der Waals surface area contributed by atoms with Crippen molar-refractivity contribution >= 4 is 5.97 Å². The highest BCUT2D eigenvalue weighted by molar-refractivity contribution is 5.69. The summed E-state index contributed by atoms with van der Waals surface area (Å²) in [4.78, 5) is 11.9. The Bertz CT molecular complexity index is 362. The number of carbonyl (C=O) groups excluding carboxylic acids is 1. The third-order valence-electron chi connectivity index (χ3n) is 5.00. The van der Waals surface area contributed by atoms with Gasteiger partial charge in [0.2, 0.25) is 0 Å². The van der Waals surface area contributed by atoms with Crippen LogP contribution in [0.4, 0.5) is 0 Å². The minimum absolute atomic E-state index is 0.0154. The number of rotatable bonds is 15. The zero-order valence-corrected chi connectivity index (χ0v) is 16.3. The largest absolute Gasteiger partial charge is 0.457 e. The molecule has 1 fully saturated rings. The summed E-state index contributed by atoms with van der Waals surface area (Å²) in [5, 5.41) is 28.6. The molecule has 0 aliphatic carbocycles. The number of unbranched alkanes of at least 4 members (excludes halogenated alkanes) is 10. The maximum Gasteiger partial charge on any atom is 0.306 e. The highest BCUT2D eigenvalue weighted by Crippen LogP contribution is 2.20. The predicted octanol–water partition coefficient (Wildman–Crippen LogP) is 2.71. The van der Waals surface area contributed by atoms with Gasteiger partial charge in [-0.25, -0.2) is 0 Å². The first kappa shape index (κ1) is 23.3. The van der Waals surface area contributed by atoms with Crippen molar-refractivity contribution in [2.24, 2.45) is 0 Å². The number of esters is 1. The van der Waals surface area contributed by atoms with E-state index in [1.807, 2.05) is 0 Å². The molecule has 1 rings (SSSR count). The van der Waals surface area contributed by atoms with Gasteiger partial charge < -0.3 is 24.8 Å². The van der Waals surface area contributed by atoms with Crippen molar-refractivity contribution in [2.45, 2.75) is 108 Å². The monoisotopic (exact) mass is 374 g/mol. The van der Waals surface area contributed by atoms with Crippen LogP contribution in [0, 0.1) is 0 Å². The van der Waals surface area contributed by atoms with Crippen LogP contribution >= 0.6 is 0 Å². The summed E-state index contributed by atoms with van der Waals surface area (Å²) in [5.41, 5.74) is 0. The van der Waals surface area contributed by atoms with Gasteiger partial charge in [-0.3, -0.25) is 4.79 Å². The van der Waals surface area contributed by atoms with E-state index in [0.29, 0.717) is 6.42 Å². The summed E-state index contributed by atoms with van der Waals surface area (Å²) in [5.74, 6) is -0.392. The Morgan fingerprint density at radius 1 is 1.00 bits per heavy atom. The summed E-state index contributed by atoms with van der Waals surface area (Å²) in [7, 11) is 0. The molecule has 6 heteroatoms. The van der Waals surface area contributed by atoms with Crippen LogP contribution in [0.3, 0.4) is 0 Å². The number of ether oxygens (including phenoxy) is 2. The zero-order chi connectivity index (χ0) is 19.2. The van der Waals surface area contributed by atoms with Crippen molar-refractivity contribution in [1.82, 2.24) is 0 Å². The predicted molar refractivity (Wildman–Crippen MR) is 99.8 cm³/mol. The quantitative estimate of drug-likeness (QED) is 0.301. The minimum Gasteiger partial charge on any atom is -0.457 e. The maximum atomic E-state index is 11.9. The Morgan fingerprint density at radius 2 is 1.54 bits per heavy atom. The normalized spacial score (nSPS) is 23.9. The molecule has 0 saturated carbocycles. The van der Waals surface area contributed by atoms with E-state index in [9.17, 15) is 20.1 Å². The van der Waals surface area contributed by atoms with Gasteiger partial charge in [0.15, 0.2) is 6.10 Å². The standard InChI is InChI=1S/C20H38O6/c1-2-3-4-5-6-7-8-9-10-11-12-13-18(23)26-17(14-21)20-19(24)16(22)15-25-20/h16-17,19-22,24H,2-15H2,1H3/t16-,17?,19-,20?/m1/s1. The maximum absolute atomic E-state index is 11.9. The van der Waals surface area contributed by atoms with E-state index in [-0.39, 0.29) is 6.61 Å². The summed E-state index contributed by atoms with van der Waals surface area (Å²) >= 11 is 0. The second-order valence-corrected chi connectivity index (χ2v) is 7.35. The molecule has 26 heavy (non-hydrogen) atoms. The molecule has 1 aliphatic rings. The molecule has 4 atom stereocenters. The Hall–Kier alpha value is -0.690. The van der Waals surface area contributed by atoms with Crippen molar-refractivity contribution in [3.8, 4) is 0 Å². The molecule has 154 valence electrons. The van der Waals surface area contributed by atoms with Gasteiger partial charge in [-0.05, 0) is 6.42 Å². The van der Waals surface area contributed by atoms with E-state index in [2.05, 4.69) is 6.92 Å². The molecule has 0 bridgehead atoms. The number of aliphatic hydroxyl groups excluding tert-OH is 3. The number of hydrogen-bond donors (Lipinski definition) is 3. The van der Waals surface area contributed by atoms with Gasteiger partial charge in [0, 0.05) is 6.42 Å². The van der Waals surface area contributed by atoms with Gasteiger partial charge in [-0.1, -0.05) is 71.1 Å². The third kappa shape index (κ3) is 9.31. The highest BCUT2D eigenvalue weighted by Gasteiger charge is 2.41. The van der Waals surface area contributed by atoms with Gasteiger partial charge in [0.05, 0.1) is 13.2 Å². The summed E-state index contributed by atoms with van der Waals surface area (Å²) in [6.07, 6.45) is 9.72. The first-order valence-corrected chi connectivity index (χ1v) is 10.4. The van der Waals surface area contributed by atoms with Crippen molar-refractivity contribution < 1.29 is 29.6 Å². The van der Waals surface area contributed by atoms with E-state index in [0.717, 1.165) is 19.3 Å². The Morgan fingerprint density at radius 3 is 2.00 bits per heavy atom. The molecule has 0 aromatic rings. The molecular weight excluding hydrogens is 336 g/mol. The van der Waals surface area contributed by atoms with Crippen molar-refractivity contribution in [3.63, 3.8) is 0 Å².